The van der Waals surface area contributed by atoms with Gasteiger partial charge in [0.15, 0.2) is 0 Å². The van der Waals surface area contributed by atoms with Crippen molar-refractivity contribution in [1.29, 1.82) is 0 Å². The number of amides is 2. The van der Waals surface area contributed by atoms with Crippen molar-refractivity contribution in [2.75, 3.05) is 16.8 Å². The minimum absolute atomic E-state index is 0.0440. The van der Waals surface area contributed by atoms with Gasteiger partial charge in [-0.25, -0.2) is 0 Å². The third-order valence-corrected chi connectivity index (χ3v) is 5.15. The van der Waals surface area contributed by atoms with Gasteiger partial charge < -0.3 is 10.2 Å². The molecule has 3 aromatic rings. The van der Waals surface area contributed by atoms with E-state index in [0.717, 1.165) is 34.5 Å². The summed E-state index contributed by atoms with van der Waals surface area (Å²) in [6.07, 6.45) is 0.804. The minimum Gasteiger partial charge on any atom is -0.322 e. The summed E-state index contributed by atoms with van der Waals surface area (Å²) in [6, 6.07) is 21.5. The Labute approximate surface area is 164 Å². The van der Waals surface area contributed by atoms with Gasteiger partial charge in [-0.1, -0.05) is 48.0 Å². The van der Waals surface area contributed by atoms with E-state index in [1.807, 2.05) is 73.7 Å². The Morgan fingerprint density at radius 3 is 2.46 bits per heavy atom. The lowest BCUT2D eigenvalue weighted by atomic mass is 9.98. The quantitative estimate of drug-likeness (QED) is 0.718. The standard InChI is InChI=1S/C24H22N2O2/c1-16-7-9-18(10-8-16)21-5-3-4-6-22(21)24(28)25-20-11-12-23-19(15-20)13-14-26(23)17(2)27/h3-12,15H,13-14H2,1-2H3,(H,25,28). The fourth-order valence-electron chi connectivity index (χ4n) is 3.67. The third-order valence-electron chi connectivity index (χ3n) is 5.15. The largest absolute Gasteiger partial charge is 0.322 e. The highest BCUT2D eigenvalue weighted by molar-refractivity contribution is 6.09. The number of nitrogens with one attached hydrogen (secondary N) is 1. The zero-order valence-corrected chi connectivity index (χ0v) is 16.0. The van der Waals surface area contributed by atoms with Gasteiger partial charge in [0.25, 0.3) is 5.91 Å². The molecule has 4 nitrogen and oxygen atoms in total. The zero-order valence-electron chi connectivity index (χ0n) is 16.0. The Morgan fingerprint density at radius 1 is 0.964 bits per heavy atom. The molecule has 2 amide bonds. The summed E-state index contributed by atoms with van der Waals surface area (Å²) < 4.78 is 0. The molecule has 1 aliphatic rings. The molecule has 3 aromatic carbocycles. The van der Waals surface area contributed by atoms with Gasteiger partial charge in [-0.05, 0) is 54.3 Å². The van der Waals surface area contributed by atoms with Crippen LogP contribution >= 0.6 is 0 Å². The van der Waals surface area contributed by atoms with Crippen molar-refractivity contribution in [3.63, 3.8) is 0 Å². The predicted octanol–water partition coefficient (Wildman–Crippen LogP) is 4.82. The van der Waals surface area contributed by atoms with E-state index in [1.165, 1.54) is 5.56 Å². The summed E-state index contributed by atoms with van der Waals surface area (Å²) >= 11 is 0. The molecule has 0 fully saturated rings. The van der Waals surface area contributed by atoms with E-state index in [1.54, 1.807) is 11.8 Å². The molecule has 0 spiro atoms. The van der Waals surface area contributed by atoms with Crippen LogP contribution in [0.1, 0.15) is 28.4 Å². The Morgan fingerprint density at radius 2 is 1.71 bits per heavy atom. The highest BCUT2D eigenvalue weighted by Gasteiger charge is 2.22. The Bertz CT molecular complexity index is 1050. The first-order valence-corrected chi connectivity index (χ1v) is 9.41. The highest BCUT2D eigenvalue weighted by Crippen LogP contribution is 2.31. The van der Waals surface area contributed by atoms with E-state index in [2.05, 4.69) is 5.32 Å². The van der Waals surface area contributed by atoms with Gasteiger partial charge in [0.05, 0.1) is 0 Å². The number of nitrogens with zero attached hydrogens (tertiary/aromatic N) is 1. The van der Waals surface area contributed by atoms with Crippen LogP contribution in [0.4, 0.5) is 11.4 Å². The molecule has 0 radical (unpaired) electrons. The van der Waals surface area contributed by atoms with Gasteiger partial charge in [0.2, 0.25) is 5.91 Å². The van der Waals surface area contributed by atoms with E-state index in [-0.39, 0.29) is 11.8 Å². The molecule has 4 rings (SSSR count). The van der Waals surface area contributed by atoms with Crippen LogP contribution in [0.2, 0.25) is 0 Å². The molecule has 0 bridgehead atoms. The van der Waals surface area contributed by atoms with Crippen LogP contribution < -0.4 is 10.2 Å². The first-order chi connectivity index (χ1) is 13.5. The molecule has 0 saturated carbocycles. The van der Waals surface area contributed by atoms with Gasteiger partial charge in [0, 0.05) is 30.4 Å². The molecular formula is C24H22N2O2. The van der Waals surface area contributed by atoms with E-state index in [9.17, 15) is 9.59 Å². The third kappa shape index (κ3) is 3.41. The second-order valence-corrected chi connectivity index (χ2v) is 7.13. The molecule has 0 aromatic heterocycles. The van der Waals surface area contributed by atoms with Gasteiger partial charge in [-0.2, -0.15) is 0 Å². The van der Waals surface area contributed by atoms with Crippen LogP contribution in [-0.2, 0) is 11.2 Å². The average Bonchev–Trinajstić information content (AvgIpc) is 3.12. The van der Waals surface area contributed by atoms with Gasteiger partial charge >= 0.3 is 0 Å². The predicted molar refractivity (Wildman–Crippen MR) is 113 cm³/mol. The number of carbonyl (C=O) groups excluding carboxylic acids is 2. The van der Waals surface area contributed by atoms with E-state index in [4.69, 9.17) is 0 Å². The Kier molecular flexibility index (Phi) is 4.70. The lowest BCUT2D eigenvalue weighted by Gasteiger charge is -2.15. The van der Waals surface area contributed by atoms with Crippen molar-refractivity contribution in [2.45, 2.75) is 20.3 Å². The molecule has 0 atom stereocenters. The molecular weight excluding hydrogens is 348 g/mol. The van der Waals surface area contributed by atoms with Crippen molar-refractivity contribution in [2.24, 2.45) is 0 Å². The number of benzene rings is 3. The highest BCUT2D eigenvalue weighted by atomic mass is 16.2. The van der Waals surface area contributed by atoms with Crippen LogP contribution in [0.25, 0.3) is 11.1 Å². The smallest absolute Gasteiger partial charge is 0.256 e. The summed E-state index contributed by atoms with van der Waals surface area (Å²) in [6.45, 7) is 4.31. The van der Waals surface area contributed by atoms with Crippen molar-refractivity contribution in [3.05, 3.63) is 83.4 Å². The number of aryl methyl sites for hydroxylation is 1. The van der Waals surface area contributed by atoms with Crippen molar-refractivity contribution < 1.29 is 9.59 Å². The molecule has 140 valence electrons. The van der Waals surface area contributed by atoms with Gasteiger partial charge in [-0.3, -0.25) is 9.59 Å². The minimum atomic E-state index is -0.141. The Hall–Kier alpha value is -3.40. The summed E-state index contributed by atoms with van der Waals surface area (Å²) in [5.41, 5.74) is 6.50. The summed E-state index contributed by atoms with van der Waals surface area (Å²) in [4.78, 5) is 26.4. The maximum Gasteiger partial charge on any atom is 0.256 e. The number of hydrogen-bond acceptors (Lipinski definition) is 2. The van der Waals surface area contributed by atoms with Crippen LogP contribution in [0.5, 0.6) is 0 Å². The summed E-state index contributed by atoms with van der Waals surface area (Å²) in [5.74, 6) is -0.0971. The number of hydrogen-bond donors (Lipinski definition) is 1. The number of carbonyl (C=O) groups is 2. The topological polar surface area (TPSA) is 49.4 Å². The van der Waals surface area contributed by atoms with E-state index in [0.29, 0.717) is 12.1 Å². The molecule has 4 heteroatoms. The van der Waals surface area contributed by atoms with Crippen LogP contribution in [0.3, 0.4) is 0 Å². The lowest BCUT2D eigenvalue weighted by Crippen LogP contribution is -2.25. The maximum atomic E-state index is 13.0. The van der Waals surface area contributed by atoms with Crippen molar-refractivity contribution in [1.82, 2.24) is 0 Å². The van der Waals surface area contributed by atoms with Crippen molar-refractivity contribution >= 4 is 23.2 Å². The van der Waals surface area contributed by atoms with Crippen LogP contribution in [0, 0.1) is 6.92 Å². The molecule has 28 heavy (non-hydrogen) atoms. The van der Waals surface area contributed by atoms with Crippen LogP contribution in [-0.4, -0.2) is 18.4 Å². The van der Waals surface area contributed by atoms with Crippen molar-refractivity contribution in [3.8, 4) is 11.1 Å². The SMILES string of the molecule is CC(=O)N1CCc2cc(NC(=O)c3ccccc3-c3ccc(C)cc3)ccc21. The normalized spacial score (nSPS) is 12.6. The first kappa shape index (κ1) is 18.0. The average molecular weight is 370 g/mol. The fraction of sp³-hybridized carbons (Fsp3) is 0.167. The molecule has 0 saturated heterocycles. The van der Waals surface area contributed by atoms with Crippen LogP contribution in [0.15, 0.2) is 66.7 Å². The molecule has 1 N–H and O–H groups in total. The second kappa shape index (κ2) is 7.31. The fourth-order valence-corrected chi connectivity index (χ4v) is 3.67. The molecule has 0 aliphatic carbocycles. The van der Waals surface area contributed by atoms with E-state index < -0.39 is 0 Å². The maximum absolute atomic E-state index is 13.0. The van der Waals surface area contributed by atoms with E-state index >= 15 is 0 Å². The first-order valence-electron chi connectivity index (χ1n) is 9.41. The number of fused-ring (bicyclic) bond motifs is 1. The molecule has 0 unspecified atom stereocenters. The zero-order chi connectivity index (χ0) is 19.7. The number of anilines is 2. The molecule has 1 heterocycles. The summed E-state index contributed by atoms with van der Waals surface area (Å²) in [5, 5.41) is 3.01. The number of rotatable bonds is 3. The second-order valence-electron chi connectivity index (χ2n) is 7.13. The Balaban J connectivity index is 1.60. The summed E-state index contributed by atoms with van der Waals surface area (Å²) in [7, 11) is 0. The molecule has 1 aliphatic heterocycles. The van der Waals surface area contributed by atoms with Gasteiger partial charge in [0.1, 0.15) is 0 Å². The monoisotopic (exact) mass is 370 g/mol. The lowest BCUT2D eigenvalue weighted by molar-refractivity contribution is -0.116. The van der Waals surface area contributed by atoms with Gasteiger partial charge in [-0.15, -0.1) is 0 Å².